The van der Waals surface area contributed by atoms with Gasteiger partial charge in [0.05, 0.1) is 23.8 Å². The minimum Gasteiger partial charge on any atom is -0.379 e. The lowest BCUT2D eigenvalue weighted by molar-refractivity contribution is -0.116. The summed E-state index contributed by atoms with van der Waals surface area (Å²) in [6, 6.07) is 14.4. The molecule has 0 aliphatic carbocycles. The number of amides is 2. The lowest BCUT2D eigenvalue weighted by Gasteiger charge is -2.26. The highest BCUT2D eigenvalue weighted by molar-refractivity contribution is 6.33. The Balaban J connectivity index is 1.48. The van der Waals surface area contributed by atoms with Gasteiger partial charge < -0.3 is 15.4 Å². The smallest absolute Gasteiger partial charge is 0.253 e. The first-order valence-corrected chi connectivity index (χ1v) is 9.71. The van der Waals surface area contributed by atoms with E-state index in [4.69, 9.17) is 16.3 Å². The van der Waals surface area contributed by atoms with Crippen LogP contribution < -0.4 is 10.6 Å². The van der Waals surface area contributed by atoms with Crippen LogP contribution in [-0.2, 0) is 16.1 Å². The van der Waals surface area contributed by atoms with Crippen molar-refractivity contribution in [3.63, 3.8) is 0 Å². The largest absolute Gasteiger partial charge is 0.379 e. The standard InChI is InChI=1S/C21H24ClN3O3/c22-19-7-2-1-6-18(19)21(27)23-15-16-4-3-5-17(14-16)24-20(26)8-9-25-10-12-28-13-11-25/h1-7,14H,8-13,15H2,(H,23,27)(H,24,26). The van der Waals surface area contributed by atoms with E-state index in [-0.39, 0.29) is 11.8 Å². The van der Waals surface area contributed by atoms with E-state index in [0.29, 0.717) is 23.6 Å². The van der Waals surface area contributed by atoms with Gasteiger partial charge in [0, 0.05) is 38.3 Å². The Morgan fingerprint density at radius 2 is 1.86 bits per heavy atom. The Kier molecular flexibility index (Phi) is 7.42. The molecule has 28 heavy (non-hydrogen) atoms. The second kappa shape index (κ2) is 10.2. The Morgan fingerprint density at radius 3 is 2.64 bits per heavy atom. The minimum absolute atomic E-state index is 0.0243. The zero-order valence-corrected chi connectivity index (χ0v) is 16.4. The van der Waals surface area contributed by atoms with E-state index in [1.807, 2.05) is 24.3 Å². The van der Waals surface area contributed by atoms with Crippen LogP contribution in [0.25, 0.3) is 0 Å². The molecule has 2 N–H and O–H groups in total. The molecule has 1 fully saturated rings. The molecule has 0 saturated carbocycles. The van der Waals surface area contributed by atoms with Crippen molar-refractivity contribution >= 4 is 29.1 Å². The molecule has 0 radical (unpaired) electrons. The maximum absolute atomic E-state index is 12.3. The molecule has 148 valence electrons. The monoisotopic (exact) mass is 401 g/mol. The molecule has 7 heteroatoms. The fourth-order valence-corrected chi connectivity index (χ4v) is 3.21. The summed E-state index contributed by atoms with van der Waals surface area (Å²) in [6.07, 6.45) is 0.438. The summed E-state index contributed by atoms with van der Waals surface area (Å²) >= 11 is 6.05. The van der Waals surface area contributed by atoms with Crippen LogP contribution in [0.5, 0.6) is 0 Å². The molecule has 0 aromatic heterocycles. The molecule has 1 aliphatic rings. The summed E-state index contributed by atoms with van der Waals surface area (Å²) < 4.78 is 5.31. The Bertz CT molecular complexity index is 822. The minimum atomic E-state index is -0.231. The van der Waals surface area contributed by atoms with Crippen LogP contribution in [0.15, 0.2) is 48.5 Å². The number of nitrogens with zero attached hydrogens (tertiary/aromatic N) is 1. The highest BCUT2D eigenvalue weighted by atomic mass is 35.5. The normalized spacial score (nSPS) is 14.5. The van der Waals surface area contributed by atoms with Crippen molar-refractivity contribution in [2.45, 2.75) is 13.0 Å². The van der Waals surface area contributed by atoms with Gasteiger partial charge >= 0.3 is 0 Å². The van der Waals surface area contributed by atoms with E-state index in [1.165, 1.54) is 0 Å². The highest BCUT2D eigenvalue weighted by Crippen LogP contribution is 2.15. The summed E-state index contributed by atoms with van der Waals surface area (Å²) in [5, 5.41) is 6.19. The van der Waals surface area contributed by atoms with Crippen molar-refractivity contribution < 1.29 is 14.3 Å². The molecule has 0 unspecified atom stereocenters. The van der Waals surface area contributed by atoms with Crippen LogP contribution in [-0.4, -0.2) is 49.6 Å². The van der Waals surface area contributed by atoms with Crippen molar-refractivity contribution in [1.82, 2.24) is 10.2 Å². The molecule has 6 nitrogen and oxygen atoms in total. The van der Waals surface area contributed by atoms with Gasteiger partial charge in [-0.3, -0.25) is 14.5 Å². The van der Waals surface area contributed by atoms with Crippen LogP contribution in [0, 0.1) is 0 Å². The number of ether oxygens (including phenoxy) is 1. The van der Waals surface area contributed by atoms with E-state index in [1.54, 1.807) is 24.3 Å². The first-order valence-electron chi connectivity index (χ1n) is 9.33. The van der Waals surface area contributed by atoms with Gasteiger partial charge in [-0.05, 0) is 29.8 Å². The first kappa shape index (κ1) is 20.3. The summed E-state index contributed by atoms with van der Waals surface area (Å²) in [4.78, 5) is 26.7. The molecule has 2 aromatic carbocycles. The number of benzene rings is 2. The first-order chi connectivity index (χ1) is 13.6. The number of carbonyl (C=O) groups excluding carboxylic acids is 2. The molecule has 3 rings (SSSR count). The fourth-order valence-electron chi connectivity index (χ4n) is 2.99. The zero-order valence-electron chi connectivity index (χ0n) is 15.6. The molecule has 1 heterocycles. The van der Waals surface area contributed by atoms with Gasteiger partial charge in [0.25, 0.3) is 5.91 Å². The lowest BCUT2D eigenvalue weighted by atomic mass is 10.1. The number of carbonyl (C=O) groups is 2. The van der Waals surface area contributed by atoms with Crippen LogP contribution in [0.3, 0.4) is 0 Å². The SMILES string of the molecule is O=C(CCN1CCOCC1)Nc1cccc(CNC(=O)c2ccccc2Cl)c1. The van der Waals surface area contributed by atoms with Crippen molar-refractivity contribution in [2.24, 2.45) is 0 Å². The van der Waals surface area contributed by atoms with Gasteiger partial charge in [-0.1, -0.05) is 35.9 Å². The van der Waals surface area contributed by atoms with Gasteiger partial charge in [-0.15, -0.1) is 0 Å². The zero-order chi connectivity index (χ0) is 19.8. The quantitative estimate of drug-likeness (QED) is 0.748. The summed E-state index contributed by atoms with van der Waals surface area (Å²) in [7, 11) is 0. The third kappa shape index (κ3) is 6.05. The number of rotatable bonds is 7. The van der Waals surface area contributed by atoms with Crippen molar-refractivity contribution in [3.05, 3.63) is 64.7 Å². The Labute approximate surface area is 169 Å². The number of hydrogen-bond donors (Lipinski definition) is 2. The van der Waals surface area contributed by atoms with Gasteiger partial charge in [-0.2, -0.15) is 0 Å². The van der Waals surface area contributed by atoms with Crippen LogP contribution in [0.2, 0.25) is 5.02 Å². The highest BCUT2D eigenvalue weighted by Gasteiger charge is 2.12. The molecule has 2 amide bonds. The third-order valence-corrected chi connectivity index (χ3v) is 4.87. The number of hydrogen-bond acceptors (Lipinski definition) is 4. The Morgan fingerprint density at radius 1 is 1.07 bits per heavy atom. The number of halogens is 1. The number of morpholine rings is 1. The van der Waals surface area contributed by atoms with Crippen LogP contribution >= 0.6 is 11.6 Å². The average Bonchev–Trinajstić information content (AvgIpc) is 2.72. The van der Waals surface area contributed by atoms with Gasteiger partial charge in [-0.25, -0.2) is 0 Å². The van der Waals surface area contributed by atoms with Crippen molar-refractivity contribution in [3.8, 4) is 0 Å². The fraction of sp³-hybridized carbons (Fsp3) is 0.333. The van der Waals surface area contributed by atoms with E-state index in [0.717, 1.165) is 44.1 Å². The van der Waals surface area contributed by atoms with Crippen molar-refractivity contribution in [1.29, 1.82) is 0 Å². The van der Waals surface area contributed by atoms with Gasteiger partial charge in [0.2, 0.25) is 5.91 Å². The summed E-state index contributed by atoms with van der Waals surface area (Å²) in [6.45, 7) is 4.26. The molecule has 2 aromatic rings. The predicted octanol–water partition coefficient (Wildman–Crippen LogP) is 2.93. The Hall–Kier alpha value is -2.41. The van der Waals surface area contributed by atoms with E-state index < -0.39 is 0 Å². The van der Waals surface area contributed by atoms with E-state index in [2.05, 4.69) is 15.5 Å². The second-order valence-electron chi connectivity index (χ2n) is 6.62. The van der Waals surface area contributed by atoms with E-state index >= 15 is 0 Å². The molecule has 0 bridgehead atoms. The second-order valence-corrected chi connectivity index (χ2v) is 7.02. The van der Waals surface area contributed by atoms with Crippen LogP contribution in [0.4, 0.5) is 5.69 Å². The molecule has 1 aliphatic heterocycles. The van der Waals surface area contributed by atoms with Crippen LogP contribution in [0.1, 0.15) is 22.3 Å². The summed E-state index contributed by atoms with van der Waals surface area (Å²) in [5.74, 6) is -0.255. The third-order valence-electron chi connectivity index (χ3n) is 4.54. The van der Waals surface area contributed by atoms with Crippen molar-refractivity contribution in [2.75, 3.05) is 38.2 Å². The topological polar surface area (TPSA) is 70.7 Å². The molecule has 1 saturated heterocycles. The average molecular weight is 402 g/mol. The maximum Gasteiger partial charge on any atom is 0.253 e. The summed E-state index contributed by atoms with van der Waals surface area (Å²) in [5.41, 5.74) is 2.06. The van der Waals surface area contributed by atoms with E-state index in [9.17, 15) is 9.59 Å². The molecule has 0 spiro atoms. The van der Waals surface area contributed by atoms with Gasteiger partial charge in [0.15, 0.2) is 0 Å². The van der Waals surface area contributed by atoms with Gasteiger partial charge in [0.1, 0.15) is 0 Å². The lowest BCUT2D eigenvalue weighted by Crippen LogP contribution is -2.38. The maximum atomic E-state index is 12.3. The molecular weight excluding hydrogens is 378 g/mol. The predicted molar refractivity (Wildman–Crippen MR) is 110 cm³/mol. The molecule has 0 atom stereocenters. The molecular formula is C21H24ClN3O3. The number of anilines is 1. The number of nitrogens with one attached hydrogen (secondary N) is 2.